The Morgan fingerprint density at radius 3 is 2.85 bits per heavy atom. The zero-order valence-electron chi connectivity index (χ0n) is 10.9. The largest absolute Gasteiger partial charge is 0.478 e. The van der Waals surface area contributed by atoms with Crippen molar-refractivity contribution in [3.63, 3.8) is 0 Å². The second-order valence-electron chi connectivity index (χ2n) is 4.47. The van der Waals surface area contributed by atoms with Gasteiger partial charge in [0.05, 0.1) is 16.6 Å². The van der Waals surface area contributed by atoms with E-state index in [1.54, 1.807) is 23.0 Å². The fourth-order valence-electron chi connectivity index (χ4n) is 2.14. The number of imidazole rings is 1. The summed E-state index contributed by atoms with van der Waals surface area (Å²) in [5.41, 5.74) is 2.75. The van der Waals surface area contributed by atoms with Crippen LogP contribution >= 0.6 is 0 Å². The fraction of sp³-hybridized carbons (Fsp3) is 0.133. The number of benzene rings is 1. The third-order valence-corrected chi connectivity index (χ3v) is 3.17. The topological polar surface area (TPSA) is 68.0 Å². The summed E-state index contributed by atoms with van der Waals surface area (Å²) >= 11 is 0. The van der Waals surface area contributed by atoms with Gasteiger partial charge in [0.1, 0.15) is 12.1 Å². The Labute approximate surface area is 115 Å². The normalized spacial score (nSPS) is 10.8. The molecule has 0 aliphatic heterocycles. The Hall–Kier alpha value is -2.69. The number of fused-ring (bicyclic) bond motifs is 1. The molecule has 3 rings (SSSR count). The average molecular weight is 267 g/mol. The van der Waals surface area contributed by atoms with Gasteiger partial charge in [0, 0.05) is 5.69 Å². The molecule has 0 amide bonds. The third-order valence-electron chi connectivity index (χ3n) is 3.17. The van der Waals surface area contributed by atoms with Gasteiger partial charge in [-0.05, 0) is 30.7 Å². The highest BCUT2D eigenvalue weighted by atomic mass is 16.4. The zero-order chi connectivity index (χ0) is 14.1. The van der Waals surface area contributed by atoms with Crippen molar-refractivity contribution in [3.05, 3.63) is 54.0 Å². The molecule has 0 aliphatic carbocycles. The van der Waals surface area contributed by atoms with Crippen molar-refractivity contribution in [3.8, 4) is 5.82 Å². The second kappa shape index (κ2) is 4.77. The number of carboxylic acid groups (broad SMARTS) is 1. The highest BCUT2D eigenvalue weighted by molar-refractivity contribution is 5.88. The molecule has 0 saturated heterocycles. The molecule has 0 aliphatic rings. The molecule has 0 saturated carbocycles. The quantitative estimate of drug-likeness (QED) is 0.792. The van der Waals surface area contributed by atoms with Crippen molar-refractivity contribution in [2.45, 2.75) is 13.3 Å². The Balaban J connectivity index is 2.23. The second-order valence-corrected chi connectivity index (χ2v) is 4.47. The van der Waals surface area contributed by atoms with Crippen LogP contribution in [0.2, 0.25) is 0 Å². The lowest BCUT2D eigenvalue weighted by atomic mass is 10.2. The highest BCUT2D eigenvalue weighted by Crippen LogP contribution is 2.18. The molecule has 0 unspecified atom stereocenters. The van der Waals surface area contributed by atoms with E-state index in [0.29, 0.717) is 12.2 Å². The Bertz CT molecular complexity index is 793. The number of carbonyl (C=O) groups is 1. The Morgan fingerprint density at radius 2 is 2.10 bits per heavy atom. The van der Waals surface area contributed by atoms with Gasteiger partial charge in [-0.1, -0.05) is 19.1 Å². The predicted molar refractivity (Wildman–Crippen MR) is 75.2 cm³/mol. The van der Waals surface area contributed by atoms with Crippen LogP contribution in [0.4, 0.5) is 0 Å². The van der Waals surface area contributed by atoms with Crippen LogP contribution in [0.5, 0.6) is 0 Å². The van der Waals surface area contributed by atoms with Crippen LogP contribution < -0.4 is 0 Å². The van der Waals surface area contributed by atoms with Crippen LogP contribution in [0.1, 0.15) is 23.0 Å². The summed E-state index contributed by atoms with van der Waals surface area (Å²) in [5, 5.41) is 9.19. The molecule has 100 valence electrons. The molecule has 5 heteroatoms. The number of rotatable bonds is 3. The van der Waals surface area contributed by atoms with Crippen molar-refractivity contribution >= 4 is 17.0 Å². The van der Waals surface area contributed by atoms with Gasteiger partial charge in [-0.15, -0.1) is 0 Å². The van der Waals surface area contributed by atoms with E-state index in [9.17, 15) is 9.90 Å². The van der Waals surface area contributed by atoms with E-state index in [1.807, 2.05) is 31.2 Å². The summed E-state index contributed by atoms with van der Waals surface area (Å²) in [6.07, 6.45) is 2.35. The molecule has 20 heavy (non-hydrogen) atoms. The minimum absolute atomic E-state index is 0.240. The maximum Gasteiger partial charge on any atom is 0.335 e. The summed E-state index contributed by atoms with van der Waals surface area (Å²) in [7, 11) is 0. The summed E-state index contributed by atoms with van der Waals surface area (Å²) in [4.78, 5) is 20.0. The molecular weight excluding hydrogens is 254 g/mol. The van der Waals surface area contributed by atoms with Gasteiger partial charge in [0.15, 0.2) is 0 Å². The number of para-hydroxylation sites is 2. The van der Waals surface area contributed by atoms with E-state index < -0.39 is 5.97 Å². The smallest absolute Gasteiger partial charge is 0.335 e. The molecule has 0 spiro atoms. The highest BCUT2D eigenvalue weighted by Gasteiger charge is 2.11. The van der Waals surface area contributed by atoms with Crippen LogP contribution in [-0.2, 0) is 6.42 Å². The maximum atomic E-state index is 11.2. The van der Waals surface area contributed by atoms with Crippen LogP contribution in [-0.4, -0.2) is 25.6 Å². The summed E-state index contributed by atoms with van der Waals surface area (Å²) in [6.45, 7) is 1.95. The van der Waals surface area contributed by atoms with E-state index in [-0.39, 0.29) is 5.56 Å². The standard InChI is InChI=1S/C15H13N3O2/c1-2-11-7-10(15(19)20)8-14(17-11)18-9-16-12-5-3-4-6-13(12)18/h3-9H,2H2,1H3,(H,19,20). The van der Waals surface area contributed by atoms with Crippen LogP contribution in [0.3, 0.4) is 0 Å². The van der Waals surface area contributed by atoms with Crippen molar-refractivity contribution in [2.75, 3.05) is 0 Å². The summed E-state index contributed by atoms with van der Waals surface area (Å²) < 4.78 is 1.81. The van der Waals surface area contributed by atoms with Gasteiger partial charge in [0.2, 0.25) is 0 Å². The average Bonchev–Trinajstić information content (AvgIpc) is 2.90. The number of aromatic carboxylic acids is 1. The van der Waals surface area contributed by atoms with Crippen LogP contribution in [0.15, 0.2) is 42.7 Å². The number of aryl methyl sites for hydroxylation is 1. The number of carboxylic acids is 1. The SMILES string of the molecule is CCc1cc(C(=O)O)cc(-n2cnc3ccccc32)n1. The maximum absolute atomic E-state index is 11.2. The monoisotopic (exact) mass is 267 g/mol. The fourth-order valence-corrected chi connectivity index (χ4v) is 2.14. The van der Waals surface area contributed by atoms with Crippen molar-refractivity contribution in [1.82, 2.24) is 14.5 Å². The molecule has 3 aromatic rings. The molecule has 2 aromatic heterocycles. The Morgan fingerprint density at radius 1 is 1.30 bits per heavy atom. The van der Waals surface area contributed by atoms with Gasteiger partial charge >= 0.3 is 5.97 Å². The third kappa shape index (κ3) is 2.03. The number of aromatic nitrogens is 3. The first-order valence-corrected chi connectivity index (χ1v) is 6.35. The van der Waals surface area contributed by atoms with Crippen LogP contribution in [0.25, 0.3) is 16.9 Å². The number of nitrogens with zero attached hydrogens (tertiary/aromatic N) is 3. The van der Waals surface area contributed by atoms with E-state index in [0.717, 1.165) is 16.7 Å². The predicted octanol–water partition coefficient (Wildman–Crippen LogP) is 2.68. The van der Waals surface area contributed by atoms with E-state index in [1.165, 1.54) is 0 Å². The van der Waals surface area contributed by atoms with Crippen molar-refractivity contribution in [2.24, 2.45) is 0 Å². The van der Waals surface area contributed by atoms with E-state index in [4.69, 9.17) is 0 Å². The van der Waals surface area contributed by atoms with E-state index in [2.05, 4.69) is 9.97 Å². The van der Waals surface area contributed by atoms with Crippen molar-refractivity contribution in [1.29, 1.82) is 0 Å². The molecule has 0 radical (unpaired) electrons. The summed E-state index contributed by atoms with van der Waals surface area (Å²) in [6, 6.07) is 10.8. The minimum atomic E-state index is -0.951. The molecule has 0 fully saturated rings. The lowest BCUT2D eigenvalue weighted by Gasteiger charge is -2.07. The number of pyridine rings is 1. The first kappa shape index (κ1) is 12.3. The lowest BCUT2D eigenvalue weighted by Crippen LogP contribution is -2.05. The molecular formula is C15H13N3O2. The van der Waals surface area contributed by atoms with Gasteiger partial charge < -0.3 is 5.11 Å². The minimum Gasteiger partial charge on any atom is -0.478 e. The first-order chi connectivity index (χ1) is 9.69. The molecule has 1 N–H and O–H groups in total. The summed E-state index contributed by atoms with van der Waals surface area (Å²) in [5.74, 6) is -0.372. The van der Waals surface area contributed by atoms with E-state index >= 15 is 0 Å². The molecule has 0 atom stereocenters. The molecule has 0 bridgehead atoms. The van der Waals surface area contributed by atoms with Crippen LogP contribution in [0, 0.1) is 0 Å². The Kier molecular flexibility index (Phi) is 2.95. The van der Waals surface area contributed by atoms with Gasteiger partial charge in [-0.25, -0.2) is 14.8 Å². The first-order valence-electron chi connectivity index (χ1n) is 6.35. The molecule has 2 heterocycles. The lowest BCUT2D eigenvalue weighted by molar-refractivity contribution is 0.0696. The molecule has 1 aromatic carbocycles. The number of hydrogen-bond donors (Lipinski definition) is 1. The zero-order valence-corrected chi connectivity index (χ0v) is 10.9. The van der Waals surface area contributed by atoms with Crippen molar-refractivity contribution < 1.29 is 9.90 Å². The van der Waals surface area contributed by atoms with Gasteiger partial charge in [-0.3, -0.25) is 4.57 Å². The molecule has 5 nitrogen and oxygen atoms in total. The number of hydrogen-bond acceptors (Lipinski definition) is 3. The van der Waals surface area contributed by atoms with Gasteiger partial charge in [0.25, 0.3) is 0 Å². The van der Waals surface area contributed by atoms with Gasteiger partial charge in [-0.2, -0.15) is 0 Å².